The van der Waals surface area contributed by atoms with Crippen LogP contribution in [-0.2, 0) is 6.54 Å². The van der Waals surface area contributed by atoms with Gasteiger partial charge in [0.15, 0.2) is 5.82 Å². The van der Waals surface area contributed by atoms with Gasteiger partial charge >= 0.3 is 6.03 Å². The van der Waals surface area contributed by atoms with E-state index in [1.165, 1.54) is 0 Å². The Morgan fingerprint density at radius 1 is 1.14 bits per heavy atom. The van der Waals surface area contributed by atoms with Gasteiger partial charge in [-0.1, -0.05) is 30.3 Å². The normalized spacial score (nSPS) is 11.8. The van der Waals surface area contributed by atoms with Crippen molar-refractivity contribution >= 4 is 28.6 Å². The Morgan fingerprint density at radius 2 is 1.93 bits per heavy atom. The van der Waals surface area contributed by atoms with E-state index >= 15 is 0 Å². The van der Waals surface area contributed by atoms with Gasteiger partial charge in [-0.2, -0.15) is 5.10 Å². The minimum absolute atomic E-state index is 0.115. The van der Waals surface area contributed by atoms with Gasteiger partial charge in [0, 0.05) is 31.2 Å². The van der Waals surface area contributed by atoms with E-state index < -0.39 is 0 Å². The molecule has 4 rings (SSSR count). The van der Waals surface area contributed by atoms with Crippen molar-refractivity contribution < 1.29 is 4.79 Å². The molecule has 0 spiro atoms. The molecule has 2 amide bonds. The molecule has 0 aliphatic rings. The maximum atomic E-state index is 12.3. The molecule has 3 aromatic heterocycles. The van der Waals surface area contributed by atoms with Gasteiger partial charge in [-0.3, -0.25) is 15.4 Å². The molecule has 146 valence electrons. The second-order valence-corrected chi connectivity index (χ2v) is 6.63. The van der Waals surface area contributed by atoms with Crippen molar-refractivity contribution in [2.75, 3.05) is 10.6 Å². The molecule has 8 nitrogen and oxygen atoms in total. The van der Waals surface area contributed by atoms with Crippen LogP contribution in [0.2, 0.25) is 0 Å². The van der Waals surface area contributed by atoms with E-state index in [1.807, 2.05) is 49.4 Å². The lowest BCUT2D eigenvalue weighted by atomic mass is 10.1. The van der Waals surface area contributed by atoms with E-state index in [4.69, 9.17) is 0 Å². The fraction of sp³-hybridized carbons (Fsp3) is 0.143. The van der Waals surface area contributed by atoms with Crippen LogP contribution in [0.1, 0.15) is 24.1 Å². The number of nitrogens with one attached hydrogen (secondary N) is 4. The second kappa shape index (κ2) is 8.39. The molecule has 1 atom stereocenters. The van der Waals surface area contributed by atoms with Gasteiger partial charge < -0.3 is 10.6 Å². The van der Waals surface area contributed by atoms with Crippen molar-refractivity contribution in [2.45, 2.75) is 19.5 Å². The molecule has 8 heteroatoms. The van der Waals surface area contributed by atoms with E-state index in [9.17, 15) is 4.79 Å². The zero-order valence-electron chi connectivity index (χ0n) is 15.9. The van der Waals surface area contributed by atoms with Gasteiger partial charge in [-0.05, 0) is 30.2 Å². The number of pyridine rings is 2. The third kappa shape index (κ3) is 4.49. The van der Waals surface area contributed by atoms with Crippen LogP contribution in [0.25, 0.3) is 10.9 Å². The molecule has 0 aliphatic carbocycles. The Hall–Kier alpha value is -3.94. The first-order valence-corrected chi connectivity index (χ1v) is 9.28. The van der Waals surface area contributed by atoms with Crippen molar-refractivity contribution in [2.24, 2.45) is 0 Å². The number of hydrogen-bond acceptors (Lipinski definition) is 5. The topological polar surface area (TPSA) is 108 Å². The summed E-state index contributed by atoms with van der Waals surface area (Å²) in [5.74, 6) is 1.15. The predicted octanol–water partition coefficient (Wildman–Crippen LogP) is 3.85. The molecule has 0 fully saturated rings. The third-order valence-corrected chi connectivity index (χ3v) is 4.55. The SMILES string of the molecule is CC(NC(=O)Nc1cc2[nH]nc(NCc3ccncc3)c2cn1)c1ccccc1. The highest BCUT2D eigenvalue weighted by atomic mass is 16.2. The molecular formula is C21H21N7O. The third-order valence-electron chi connectivity index (χ3n) is 4.55. The van der Waals surface area contributed by atoms with Crippen LogP contribution in [0, 0.1) is 0 Å². The highest BCUT2D eigenvalue weighted by Gasteiger charge is 2.12. The van der Waals surface area contributed by atoms with E-state index in [2.05, 4.69) is 36.1 Å². The fourth-order valence-corrected chi connectivity index (χ4v) is 2.98. The summed E-state index contributed by atoms with van der Waals surface area (Å²) in [6.45, 7) is 2.56. The van der Waals surface area contributed by atoms with E-state index in [1.54, 1.807) is 24.7 Å². The number of nitrogens with zero attached hydrogens (tertiary/aromatic N) is 3. The van der Waals surface area contributed by atoms with Gasteiger partial charge in [0.05, 0.1) is 16.9 Å². The van der Waals surface area contributed by atoms with Crippen LogP contribution in [0.5, 0.6) is 0 Å². The number of anilines is 2. The molecule has 0 saturated heterocycles. The molecule has 29 heavy (non-hydrogen) atoms. The molecule has 0 saturated carbocycles. The summed E-state index contributed by atoms with van der Waals surface area (Å²) in [6.07, 6.45) is 5.19. The van der Waals surface area contributed by atoms with Crippen LogP contribution in [0.4, 0.5) is 16.4 Å². The summed E-state index contributed by atoms with van der Waals surface area (Å²) < 4.78 is 0. The number of carbonyl (C=O) groups is 1. The number of rotatable bonds is 6. The maximum Gasteiger partial charge on any atom is 0.320 e. The van der Waals surface area contributed by atoms with Gasteiger partial charge in [0.25, 0.3) is 0 Å². The van der Waals surface area contributed by atoms with Crippen LogP contribution in [0.15, 0.2) is 67.1 Å². The van der Waals surface area contributed by atoms with Crippen molar-refractivity contribution in [1.29, 1.82) is 0 Å². The highest BCUT2D eigenvalue weighted by molar-refractivity contribution is 5.94. The van der Waals surface area contributed by atoms with Crippen molar-refractivity contribution in [3.63, 3.8) is 0 Å². The first kappa shape index (κ1) is 18.4. The number of urea groups is 1. The van der Waals surface area contributed by atoms with E-state index in [0.29, 0.717) is 18.2 Å². The Labute approximate surface area is 167 Å². The molecule has 0 radical (unpaired) electrons. The average Bonchev–Trinajstić information content (AvgIpc) is 3.15. The maximum absolute atomic E-state index is 12.3. The largest absolute Gasteiger partial charge is 0.364 e. The Balaban J connectivity index is 1.39. The molecule has 1 aromatic carbocycles. The standard InChI is InChI=1S/C21H21N7O/c1-14(16-5-3-2-4-6-16)25-21(29)26-19-11-18-17(13-23-19)20(28-27-18)24-12-15-7-9-22-10-8-15/h2-11,13-14H,12H2,1H3,(H2,24,27,28)(H2,23,25,26,29). The van der Waals surface area contributed by atoms with E-state index in [-0.39, 0.29) is 12.1 Å². The van der Waals surface area contributed by atoms with Gasteiger partial charge in [-0.25, -0.2) is 9.78 Å². The van der Waals surface area contributed by atoms with Crippen molar-refractivity contribution in [1.82, 2.24) is 25.5 Å². The molecule has 0 aliphatic heterocycles. The minimum Gasteiger partial charge on any atom is -0.364 e. The summed E-state index contributed by atoms with van der Waals surface area (Å²) in [7, 11) is 0. The molecule has 4 aromatic rings. The number of fused-ring (bicyclic) bond motifs is 1. The van der Waals surface area contributed by atoms with Crippen LogP contribution in [0.3, 0.4) is 0 Å². The summed E-state index contributed by atoms with van der Waals surface area (Å²) in [5.41, 5.74) is 2.92. The summed E-state index contributed by atoms with van der Waals surface area (Å²) in [4.78, 5) is 20.6. The predicted molar refractivity (Wildman–Crippen MR) is 112 cm³/mol. The molecule has 0 bridgehead atoms. The van der Waals surface area contributed by atoms with E-state index in [0.717, 1.165) is 22.0 Å². The molecule has 1 unspecified atom stereocenters. The minimum atomic E-state index is -0.316. The van der Waals surface area contributed by atoms with Gasteiger partial charge in [-0.15, -0.1) is 0 Å². The quantitative estimate of drug-likeness (QED) is 0.402. The lowest BCUT2D eigenvalue weighted by Crippen LogP contribution is -2.31. The van der Waals surface area contributed by atoms with Crippen LogP contribution < -0.4 is 16.0 Å². The first-order valence-electron chi connectivity index (χ1n) is 9.28. The average molecular weight is 387 g/mol. The Bertz CT molecular complexity index is 1100. The summed E-state index contributed by atoms with van der Waals surface area (Å²) >= 11 is 0. The number of aromatic nitrogens is 4. The Kier molecular flexibility index (Phi) is 5.33. The Morgan fingerprint density at radius 3 is 2.72 bits per heavy atom. The number of hydrogen-bond donors (Lipinski definition) is 4. The molecule has 3 heterocycles. The number of H-pyrrole nitrogens is 1. The number of benzene rings is 1. The van der Waals surface area contributed by atoms with Crippen molar-refractivity contribution in [3.8, 4) is 0 Å². The lowest BCUT2D eigenvalue weighted by molar-refractivity contribution is 0.249. The summed E-state index contributed by atoms with van der Waals surface area (Å²) in [5, 5.41) is 17.1. The zero-order chi connectivity index (χ0) is 20.1. The van der Waals surface area contributed by atoms with Crippen molar-refractivity contribution in [3.05, 3.63) is 78.2 Å². The monoisotopic (exact) mass is 387 g/mol. The van der Waals surface area contributed by atoms with Crippen LogP contribution >= 0.6 is 0 Å². The second-order valence-electron chi connectivity index (χ2n) is 6.63. The van der Waals surface area contributed by atoms with Gasteiger partial charge in [0.1, 0.15) is 5.82 Å². The molecule has 4 N–H and O–H groups in total. The lowest BCUT2D eigenvalue weighted by Gasteiger charge is -2.14. The highest BCUT2D eigenvalue weighted by Crippen LogP contribution is 2.22. The number of carbonyl (C=O) groups excluding carboxylic acids is 1. The van der Waals surface area contributed by atoms with Crippen LogP contribution in [-0.4, -0.2) is 26.2 Å². The van der Waals surface area contributed by atoms with Gasteiger partial charge in [0.2, 0.25) is 0 Å². The zero-order valence-corrected chi connectivity index (χ0v) is 15.9. The summed E-state index contributed by atoms with van der Waals surface area (Å²) in [6, 6.07) is 15.0. The smallest absolute Gasteiger partial charge is 0.320 e. The number of aromatic amines is 1. The molecular weight excluding hydrogens is 366 g/mol. The number of amides is 2. The fourth-order valence-electron chi connectivity index (χ4n) is 2.98. The first-order chi connectivity index (χ1) is 14.2.